The number of nitrogens with one attached hydrogen (secondary N) is 1. The number of Topliss-reactive ketones (excluding diaryl/α,β-unsaturated/α-hetero) is 1. The summed E-state index contributed by atoms with van der Waals surface area (Å²) in [6.07, 6.45) is 0. The first kappa shape index (κ1) is 22.3. The lowest BCUT2D eigenvalue weighted by Gasteiger charge is -2.21. The van der Waals surface area contributed by atoms with Gasteiger partial charge in [0.15, 0.2) is 6.61 Å². The van der Waals surface area contributed by atoms with Crippen molar-refractivity contribution in [3.8, 4) is 0 Å². The van der Waals surface area contributed by atoms with E-state index < -0.39 is 12.0 Å². The van der Waals surface area contributed by atoms with Crippen LogP contribution in [-0.2, 0) is 9.53 Å². The first-order valence-electron chi connectivity index (χ1n) is 9.75. The molecule has 0 spiro atoms. The Kier molecular flexibility index (Phi) is 7.32. The lowest BCUT2D eigenvalue weighted by atomic mass is 9.98. The lowest BCUT2D eigenvalue weighted by molar-refractivity contribution is -0.145. The van der Waals surface area contributed by atoms with Crippen LogP contribution in [0.2, 0.25) is 0 Å². The smallest absolute Gasteiger partial charge is 0.329 e. The average molecular weight is 395 g/mol. The number of ether oxygens (including phenoxy) is 1. The third kappa shape index (κ3) is 5.76. The first-order chi connectivity index (χ1) is 13.6. The van der Waals surface area contributed by atoms with Gasteiger partial charge in [-0.25, -0.2) is 4.79 Å². The Hall–Kier alpha value is -2.95. The number of esters is 1. The van der Waals surface area contributed by atoms with Crippen LogP contribution in [0.15, 0.2) is 36.4 Å². The van der Waals surface area contributed by atoms with Crippen LogP contribution in [0, 0.1) is 33.6 Å². The highest BCUT2D eigenvalue weighted by atomic mass is 16.5. The van der Waals surface area contributed by atoms with Gasteiger partial charge in [0.2, 0.25) is 5.78 Å². The van der Waals surface area contributed by atoms with Crippen LogP contribution in [0.4, 0.5) is 0 Å². The van der Waals surface area contributed by atoms with Crippen LogP contribution in [0.3, 0.4) is 0 Å². The maximum Gasteiger partial charge on any atom is 0.329 e. The average Bonchev–Trinajstić information content (AvgIpc) is 2.66. The molecule has 0 saturated heterocycles. The monoisotopic (exact) mass is 395 g/mol. The van der Waals surface area contributed by atoms with Crippen molar-refractivity contribution in [2.45, 2.75) is 47.6 Å². The van der Waals surface area contributed by atoms with Crippen molar-refractivity contribution < 1.29 is 19.1 Å². The molecule has 1 amide bonds. The highest BCUT2D eigenvalue weighted by Gasteiger charge is 2.27. The number of hydrogen-bond acceptors (Lipinski definition) is 4. The Labute approximate surface area is 172 Å². The van der Waals surface area contributed by atoms with Gasteiger partial charge in [-0.3, -0.25) is 9.59 Å². The maximum absolute atomic E-state index is 12.6. The van der Waals surface area contributed by atoms with Crippen LogP contribution < -0.4 is 5.32 Å². The Balaban J connectivity index is 2.05. The van der Waals surface area contributed by atoms with Crippen LogP contribution in [-0.4, -0.2) is 30.3 Å². The van der Waals surface area contributed by atoms with E-state index in [0.29, 0.717) is 11.1 Å². The van der Waals surface area contributed by atoms with Gasteiger partial charge < -0.3 is 10.1 Å². The first-order valence-corrected chi connectivity index (χ1v) is 9.75. The zero-order valence-corrected chi connectivity index (χ0v) is 18.0. The van der Waals surface area contributed by atoms with E-state index in [1.807, 2.05) is 59.7 Å². The second-order valence-corrected chi connectivity index (χ2v) is 7.85. The summed E-state index contributed by atoms with van der Waals surface area (Å²) in [5.41, 5.74) is 4.94. The van der Waals surface area contributed by atoms with E-state index in [9.17, 15) is 14.4 Å². The van der Waals surface area contributed by atoms with E-state index in [1.54, 1.807) is 18.2 Å². The number of benzene rings is 2. The lowest BCUT2D eigenvalue weighted by Crippen LogP contribution is -2.45. The minimum Gasteiger partial charge on any atom is -0.456 e. The van der Waals surface area contributed by atoms with Crippen LogP contribution in [0.25, 0.3) is 0 Å². The summed E-state index contributed by atoms with van der Waals surface area (Å²) in [6, 6.07) is 10.1. The summed E-state index contributed by atoms with van der Waals surface area (Å²) in [5.74, 6) is -1.40. The number of hydrogen-bond donors (Lipinski definition) is 1. The third-order valence-corrected chi connectivity index (χ3v) is 4.97. The van der Waals surface area contributed by atoms with E-state index in [1.165, 1.54) is 0 Å². The van der Waals surface area contributed by atoms with Crippen LogP contribution >= 0.6 is 0 Å². The second kappa shape index (κ2) is 9.50. The van der Waals surface area contributed by atoms with Gasteiger partial charge in [-0.2, -0.15) is 0 Å². The molecule has 2 rings (SSSR count). The van der Waals surface area contributed by atoms with Gasteiger partial charge in [-0.15, -0.1) is 0 Å². The Morgan fingerprint density at radius 3 is 2.21 bits per heavy atom. The molecular formula is C24H29NO4. The molecule has 29 heavy (non-hydrogen) atoms. The molecule has 0 aromatic heterocycles. The molecule has 0 radical (unpaired) electrons. The summed E-state index contributed by atoms with van der Waals surface area (Å²) < 4.78 is 5.26. The zero-order valence-electron chi connectivity index (χ0n) is 18.0. The minimum atomic E-state index is -0.836. The molecule has 1 atom stereocenters. The van der Waals surface area contributed by atoms with Gasteiger partial charge in [-0.1, -0.05) is 37.6 Å². The standard InChI is InChI=1S/C24H29NO4/c1-14(2)22(25-23(27)19-9-7-8-15(3)10-19)24(28)29-13-21(26)20-12-17(5)16(4)11-18(20)6/h7-12,14,22H,13H2,1-6H3,(H,25,27)/t22-/m0/s1. The minimum absolute atomic E-state index is 0.185. The molecule has 0 aliphatic heterocycles. The molecule has 2 aromatic carbocycles. The SMILES string of the molecule is Cc1cccc(C(=O)N[C@H](C(=O)OCC(=O)c2cc(C)c(C)cc2C)C(C)C)c1. The normalized spacial score (nSPS) is 11.8. The molecule has 0 aliphatic rings. The van der Waals surface area contributed by atoms with E-state index in [-0.39, 0.29) is 24.2 Å². The van der Waals surface area contributed by atoms with Crippen molar-refractivity contribution in [2.24, 2.45) is 5.92 Å². The molecule has 1 N–H and O–H groups in total. The Morgan fingerprint density at radius 1 is 0.931 bits per heavy atom. The molecule has 0 saturated carbocycles. The van der Waals surface area contributed by atoms with E-state index in [2.05, 4.69) is 5.32 Å². The number of amides is 1. The molecule has 5 heteroatoms. The fourth-order valence-corrected chi connectivity index (χ4v) is 3.07. The van der Waals surface area contributed by atoms with Crippen LogP contribution in [0.1, 0.15) is 56.8 Å². The quantitative estimate of drug-likeness (QED) is 0.566. The van der Waals surface area contributed by atoms with Crippen molar-refractivity contribution in [3.05, 3.63) is 69.8 Å². The predicted molar refractivity (Wildman–Crippen MR) is 113 cm³/mol. The molecule has 0 bridgehead atoms. The van der Waals surface area contributed by atoms with Crippen molar-refractivity contribution in [1.82, 2.24) is 5.32 Å². The molecule has 0 aliphatic carbocycles. The summed E-state index contributed by atoms with van der Waals surface area (Å²) >= 11 is 0. The summed E-state index contributed by atoms with van der Waals surface area (Å²) in [5, 5.41) is 2.73. The summed E-state index contributed by atoms with van der Waals surface area (Å²) in [7, 11) is 0. The molecule has 5 nitrogen and oxygen atoms in total. The van der Waals surface area contributed by atoms with Crippen molar-refractivity contribution in [1.29, 1.82) is 0 Å². The van der Waals surface area contributed by atoms with Crippen molar-refractivity contribution in [3.63, 3.8) is 0 Å². The third-order valence-electron chi connectivity index (χ3n) is 4.97. The fourth-order valence-electron chi connectivity index (χ4n) is 3.07. The van der Waals surface area contributed by atoms with Gasteiger partial charge in [0.05, 0.1) is 0 Å². The number of rotatable bonds is 7. The summed E-state index contributed by atoms with van der Waals surface area (Å²) in [4.78, 5) is 37.6. The predicted octanol–water partition coefficient (Wildman–Crippen LogP) is 4.10. The fraction of sp³-hybridized carbons (Fsp3) is 0.375. The van der Waals surface area contributed by atoms with Crippen molar-refractivity contribution >= 4 is 17.7 Å². The van der Waals surface area contributed by atoms with Gasteiger partial charge in [0, 0.05) is 11.1 Å². The number of aryl methyl sites for hydroxylation is 4. The molecule has 154 valence electrons. The largest absolute Gasteiger partial charge is 0.456 e. The van der Waals surface area contributed by atoms with E-state index in [4.69, 9.17) is 4.74 Å². The number of carbonyl (C=O) groups is 3. The maximum atomic E-state index is 12.6. The highest BCUT2D eigenvalue weighted by molar-refractivity contribution is 6.00. The summed E-state index contributed by atoms with van der Waals surface area (Å²) in [6.45, 7) is 11.0. The van der Waals surface area contributed by atoms with Gasteiger partial charge >= 0.3 is 5.97 Å². The van der Waals surface area contributed by atoms with Gasteiger partial charge in [0.25, 0.3) is 5.91 Å². The van der Waals surface area contributed by atoms with Gasteiger partial charge in [-0.05, 0) is 68.5 Å². The van der Waals surface area contributed by atoms with E-state index in [0.717, 1.165) is 22.3 Å². The number of ketones is 1. The topological polar surface area (TPSA) is 72.5 Å². The van der Waals surface area contributed by atoms with Crippen molar-refractivity contribution in [2.75, 3.05) is 6.61 Å². The van der Waals surface area contributed by atoms with Crippen LogP contribution in [0.5, 0.6) is 0 Å². The zero-order chi connectivity index (χ0) is 21.7. The number of carbonyl (C=O) groups excluding carboxylic acids is 3. The Bertz CT molecular complexity index is 930. The molecule has 0 unspecified atom stereocenters. The molecule has 2 aromatic rings. The molecule has 0 fully saturated rings. The van der Waals surface area contributed by atoms with Gasteiger partial charge in [0.1, 0.15) is 6.04 Å². The molecular weight excluding hydrogens is 366 g/mol. The Morgan fingerprint density at radius 2 is 1.59 bits per heavy atom. The highest BCUT2D eigenvalue weighted by Crippen LogP contribution is 2.16. The van der Waals surface area contributed by atoms with E-state index >= 15 is 0 Å². The second-order valence-electron chi connectivity index (χ2n) is 7.85. The molecule has 0 heterocycles.